The Hall–Kier alpha value is -2.37. The maximum absolute atomic E-state index is 12.2. The molecule has 6 nitrogen and oxygen atoms in total. The third-order valence-corrected chi connectivity index (χ3v) is 3.66. The summed E-state index contributed by atoms with van der Waals surface area (Å²) in [5.41, 5.74) is -0.467. The number of carbonyl (C=O) groups excluding carboxylic acids is 1. The molecule has 0 saturated carbocycles. The van der Waals surface area contributed by atoms with Crippen molar-refractivity contribution in [2.24, 2.45) is 0 Å². The van der Waals surface area contributed by atoms with Gasteiger partial charge in [-0.25, -0.2) is 4.79 Å². The van der Waals surface area contributed by atoms with Gasteiger partial charge in [0.15, 0.2) is 0 Å². The molecule has 1 aromatic carbocycles. The molecule has 0 bridgehead atoms. The number of nitrogens with one attached hydrogen (secondary N) is 1. The van der Waals surface area contributed by atoms with Crippen molar-refractivity contribution in [1.29, 1.82) is 0 Å². The van der Waals surface area contributed by atoms with Crippen LogP contribution < -0.4 is 11.2 Å². The quantitative estimate of drug-likeness (QED) is 0.855. The average molecular weight is 273 g/mol. The molecule has 2 aromatic rings. The Bertz CT molecular complexity index is 769. The number of fused-ring (bicyclic) bond motifs is 1. The van der Waals surface area contributed by atoms with Crippen LogP contribution >= 0.6 is 0 Å². The molecule has 0 spiro atoms. The van der Waals surface area contributed by atoms with Gasteiger partial charge < -0.3 is 4.90 Å². The first-order chi connectivity index (χ1) is 9.66. The van der Waals surface area contributed by atoms with Gasteiger partial charge in [-0.2, -0.15) is 0 Å². The number of aromatic amines is 1. The van der Waals surface area contributed by atoms with Gasteiger partial charge in [0.25, 0.3) is 5.56 Å². The summed E-state index contributed by atoms with van der Waals surface area (Å²) < 4.78 is 1.33. The molecule has 1 amide bonds. The highest BCUT2D eigenvalue weighted by atomic mass is 16.2. The average Bonchev–Trinajstić information content (AvgIpc) is 2.97. The molecule has 1 saturated heterocycles. The van der Waals surface area contributed by atoms with Gasteiger partial charge in [-0.3, -0.25) is 19.1 Å². The minimum absolute atomic E-state index is 0.0316. The van der Waals surface area contributed by atoms with Crippen LogP contribution in [0, 0.1) is 0 Å². The molecule has 2 heterocycles. The Kier molecular flexibility index (Phi) is 3.14. The number of rotatable bonds is 2. The van der Waals surface area contributed by atoms with Crippen LogP contribution in [0.1, 0.15) is 12.8 Å². The van der Waals surface area contributed by atoms with Gasteiger partial charge in [0.05, 0.1) is 10.9 Å². The van der Waals surface area contributed by atoms with Gasteiger partial charge in [-0.05, 0) is 25.0 Å². The minimum atomic E-state index is -0.541. The number of para-hydroxylation sites is 1. The highest BCUT2D eigenvalue weighted by Crippen LogP contribution is 2.10. The summed E-state index contributed by atoms with van der Waals surface area (Å²) in [5, 5.41) is 0.418. The molecule has 0 radical (unpaired) electrons. The predicted molar refractivity (Wildman–Crippen MR) is 74.6 cm³/mol. The van der Waals surface area contributed by atoms with E-state index in [0.717, 1.165) is 25.9 Å². The maximum atomic E-state index is 12.2. The van der Waals surface area contributed by atoms with Crippen molar-refractivity contribution >= 4 is 16.8 Å². The summed E-state index contributed by atoms with van der Waals surface area (Å²) in [4.78, 5) is 39.9. The van der Waals surface area contributed by atoms with Crippen LogP contribution in [-0.4, -0.2) is 33.4 Å². The first-order valence-corrected chi connectivity index (χ1v) is 6.66. The molecule has 0 unspecified atom stereocenters. The fraction of sp³-hybridized carbons (Fsp3) is 0.357. The second kappa shape index (κ2) is 4.96. The zero-order valence-corrected chi connectivity index (χ0v) is 11.0. The van der Waals surface area contributed by atoms with Crippen LogP contribution in [0.3, 0.4) is 0 Å². The third kappa shape index (κ3) is 2.13. The van der Waals surface area contributed by atoms with Gasteiger partial charge in [-0.1, -0.05) is 12.1 Å². The molecule has 1 aliphatic rings. The summed E-state index contributed by atoms with van der Waals surface area (Å²) in [7, 11) is 0. The number of hydrogen-bond donors (Lipinski definition) is 1. The van der Waals surface area contributed by atoms with Gasteiger partial charge in [0, 0.05) is 13.1 Å². The molecular formula is C14H15N3O3. The number of nitrogens with zero attached hydrogens (tertiary/aromatic N) is 2. The summed E-state index contributed by atoms with van der Waals surface area (Å²) in [6.45, 7) is 1.46. The van der Waals surface area contributed by atoms with Gasteiger partial charge in [-0.15, -0.1) is 0 Å². The lowest BCUT2D eigenvalue weighted by atomic mass is 10.2. The minimum Gasteiger partial charge on any atom is -0.341 e. The predicted octanol–water partition coefficient (Wildman–Crippen LogP) is 0.312. The Morgan fingerprint density at radius 3 is 2.60 bits per heavy atom. The molecule has 1 N–H and O–H groups in total. The molecule has 1 aromatic heterocycles. The fourth-order valence-electron chi connectivity index (χ4n) is 2.60. The topological polar surface area (TPSA) is 75.2 Å². The second-order valence-corrected chi connectivity index (χ2v) is 4.95. The van der Waals surface area contributed by atoms with Crippen LogP contribution in [0.25, 0.3) is 10.9 Å². The van der Waals surface area contributed by atoms with Gasteiger partial charge in [0.2, 0.25) is 5.91 Å². The van der Waals surface area contributed by atoms with E-state index in [1.165, 1.54) is 4.57 Å². The van der Waals surface area contributed by atoms with Crippen LogP contribution in [0.5, 0.6) is 0 Å². The number of hydrogen-bond acceptors (Lipinski definition) is 3. The van der Waals surface area contributed by atoms with Crippen molar-refractivity contribution in [3.8, 4) is 0 Å². The summed E-state index contributed by atoms with van der Waals surface area (Å²) in [6.07, 6.45) is 2.01. The number of carbonyl (C=O) groups is 1. The fourth-order valence-corrected chi connectivity index (χ4v) is 2.60. The normalized spacial score (nSPS) is 14.9. The van der Waals surface area contributed by atoms with E-state index in [9.17, 15) is 14.4 Å². The Morgan fingerprint density at radius 2 is 1.85 bits per heavy atom. The monoisotopic (exact) mass is 273 g/mol. The van der Waals surface area contributed by atoms with Crippen LogP contribution in [0.2, 0.25) is 0 Å². The molecule has 104 valence electrons. The first kappa shape index (κ1) is 12.7. The molecule has 0 atom stereocenters. The number of H-pyrrole nitrogens is 1. The van der Waals surface area contributed by atoms with E-state index in [1.807, 2.05) is 0 Å². The van der Waals surface area contributed by atoms with Crippen molar-refractivity contribution in [2.75, 3.05) is 13.1 Å². The smallest absolute Gasteiger partial charge is 0.329 e. The Balaban J connectivity index is 2.05. The van der Waals surface area contributed by atoms with Crippen molar-refractivity contribution in [3.05, 3.63) is 45.1 Å². The molecule has 1 aliphatic heterocycles. The lowest BCUT2D eigenvalue weighted by Gasteiger charge is -2.16. The highest BCUT2D eigenvalue weighted by molar-refractivity contribution is 5.81. The Labute approximate surface area is 114 Å². The van der Waals surface area contributed by atoms with E-state index in [-0.39, 0.29) is 12.5 Å². The standard InChI is InChI=1S/C14H15N3O3/c18-12(16-7-3-4-8-16)9-17-11-6-2-1-5-10(11)13(19)15-14(17)20/h1-2,5-6H,3-4,7-9H2,(H,15,19,20). The van der Waals surface area contributed by atoms with Crippen molar-refractivity contribution in [3.63, 3.8) is 0 Å². The second-order valence-electron chi connectivity index (χ2n) is 4.95. The van der Waals surface area contributed by atoms with E-state index < -0.39 is 11.2 Å². The highest BCUT2D eigenvalue weighted by Gasteiger charge is 2.19. The molecule has 0 aliphatic carbocycles. The summed E-state index contributed by atoms with van der Waals surface area (Å²) in [6, 6.07) is 6.81. The van der Waals surface area contributed by atoms with Crippen molar-refractivity contribution in [2.45, 2.75) is 19.4 Å². The Morgan fingerprint density at radius 1 is 1.15 bits per heavy atom. The summed E-state index contributed by atoms with van der Waals surface area (Å²) >= 11 is 0. The van der Waals surface area contributed by atoms with Crippen LogP contribution in [-0.2, 0) is 11.3 Å². The lowest BCUT2D eigenvalue weighted by Crippen LogP contribution is -2.37. The van der Waals surface area contributed by atoms with E-state index in [4.69, 9.17) is 0 Å². The SMILES string of the molecule is O=C(Cn1c(=O)[nH]c(=O)c2ccccc21)N1CCCC1. The van der Waals surface area contributed by atoms with Crippen molar-refractivity contribution in [1.82, 2.24) is 14.5 Å². The largest absolute Gasteiger partial charge is 0.341 e. The number of aromatic nitrogens is 2. The van der Waals surface area contributed by atoms with Crippen LogP contribution in [0.4, 0.5) is 0 Å². The number of benzene rings is 1. The molecule has 1 fully saturated rings. The van der Waals surface area contributed by atoms with E-state index in [0.29, 0.717) is 10.9 Å². The first-order valence-electron chi connectivity index (χ1n) is 6.66. The number of amides is 1. The van der Waals surface area contributed by atoms with E-state index in [1.54, 1.807) is 29.2 Å². The maximum Gasteiger partial charge on any atom is 0.329 e. The third-order valence-electron chi connectivity index (χ3n) is 3.66. The van der Waals surface area contributed by atoms with Gasteiger partial charge in [0.1, 0.15) is 6.54 Å². The van der Waals surface area contributed by atoms with E-state index in [2.05, 4.69) is 4.98 Å². The molecular weight excluding hydrogens is 258 g/mol. The number of likely N-dealkylation sites (tertiary alicyclic amines) is 1. The molecule has 6 heteroatoms. The van der Waals surface area contributed by atoms with Gasteiger partial charge >= 0.3 is 5.69 Å². The lowest BCUT2D eigenvalue weighted by molar-refractivity contribution is -0.130. The van der Waals surface area contributed by atoms with E-state index >= 15 is 0 Å². The zero-order valence-electron chi connectivity index (χ0n) is 11.0. The van der Waals surface area contributed by atoms with Crippen molar-refractivity contribution < 1.29 is 4.79 Å². The zero-order chi connectivity index (χ0) is 14.1. The van der Waals surface area contributed by atoms with Crippen LogP contribution in [0.15, 0.2) is 33.9 Å². The summed E-state index contributed by atoms with van der Waals surface area (Å²) in [5.74, 6) is -0.0817. The molecule has 20 heavy (non-hydrogen) atoms. The molecule has 3 rings (SSSR count).